The van der Waals surface area contributed by atoms with E-state index in [1.54, 1.807) is 0 Å². The summed E-state index contributed by atoms with van der Waals surface area (Å²) in [6.45, 7) is 2.23. The fourth-order valence-corrected chi connectivity index (χ4v) is 1.59. The summed E-state index contributed by atoms with van der Waals surface area (Å²) < 4.78 is 0. The average molecular weight is 227 g/mol. The summed E-state index contributed by atoms with van der Waals surface area (Å²) in [4.78, 5) is 10.2. The number of carboxylic acid groups (broad SMARTS) is 1. The summed E-state index contributed by atoms with van der Waals surface area (Å²) in [5.41, 5.74) is 0. The Balaban J connectivity index is -0.000000282. The summed E-state index contributed by atoms with van der Waals surface area (Å²) >= 11 is 0. The fraction of sp³-hybridized carbons (Fsp3) is 0.917. The molecule has 0 unspecified atom stereocenters. The Bertz CT molecular complexity index is 146. The van der Waals surface area contributed by atoms with Gasteiger partial charge in [0.1, 0.15) is 0 Å². The Morgan fingerprint density at radius 1 is 0.933 bits per heavy atom. The number of unbranched alkanes of at least 4 members (excludes halogenated alkanes) is 8. The minimum atomic E-state index is -0.659. The molecule has 0 aromatic heterocycles. The third-order valence-electron chi connectivity index (χ3n) is 2.49. The van der Waals surface area contributed by atoms with E-state index in [1.165, 1.54) is 44.9 Å². The third kappa shape index (κ3) is 16.9. The second-order valence-corrected chi connectivity index (χ2v) is 3.97. The molecule has 0 atom stereocenters. The number of hydrogen-bond acceptors (Lipinski definition) is 1. The van der Waals surface area contributed by atoms with Gasteiger partial charge >= 0.3 is 29.0 Å². The van der Waals surface area contributed by atoms with Gasteiger partial charge in [-0.05, 0) is 6.42 Å². The summed E-state index contributed by atoms with van der Waals surface area (Å²) in [6, 6.07) is 0. The first-order valence-electron chi connectivity index (χ1n) is 5.99. The molecule has 88 valence electrons. The second kappa shape index (κ2) is 14.2. The SMILES string of the molecule is CCCCCCCCCCCC(=O)O.[H-].[H-].[Mg+2]. The van der Waals surface area contributed by atoms with Gasteiger partial charge < -0.3 is 7.96 Å². The molecule has 0 heterocycles. The number of hydrogen-bond donors (Lipinski definition) is 1. The van der Waals surface area contributed by atoms with Gasteiger partial charge in [0.2, 0.25) is 0 Å². The van der Waals surface area contributed by atoms with Crippen LogP contribution >= 0.6 is 0 Å². The van der Waals surface area contributed by atoms with Crippen molar-refractivity contribution >= 4 is 29.0 Å². The summed E-state index contributed by atoms with van der Waals surface area (Å²) in [6.07, 6.45) is 11.5. The molecule has 0 bridgehead atoms. The zero-order valence-electron chi connectivity index (χ0n) is 12.1. The molecular weight excluding hydrogens is 200 g/mol. The van der Waals surface area contributed by atoms with Crippen molar-refractivity contribution in [2.24, 2.45) is 0 Å². The monoisotopic (exact) mass is 226 g/mol. The van der Waals surface area contributed by atoms with E-state index in [9.17, 15) is 4.79 Å². The smallest absolute Gasteiger partial charge is 1.00 e. The van der Waals surface area contributed by atoms with Gasteiger partial charge in [0.25, 0.3) is 0 Å². The minimum Gasteiger partial charge on any atom is -1.00 e. The van der Waals surface area contributed by atoms with E-state index in [1.807, 2.05) is 0 Å². The van der Waals surface area contributed by atoms with Gasteiger partial charge in [0.05, 0.1) is 0 Å². The van der Waals surface area contributed by atoms with Crippen molar-refractivity contribution in [2.75, 3.05) is 0 Å². The van der Waals surface area contributed by atoms with Crippen LogP contribution in [0.5, 0.6) is 0 Å². The Kier molecular flexibility index (Phi) is 16.7. The van der Waals surface area contributed by atoms with Crippen molar-refractivity contribution in [3.8, 4) is 0 Å². The molecule has 2 nitrogen and oxygen atoms in total. The van der Waals surface area contributed by atoms with Crippen LogP contribution in [0.3, 0.4) is 0 Å². The fourth-order valence-electron chi connectivity index (χ4n) is 1.59. The van der Waals surface area contributed by atoms with E-state index in [2.05, 4.69) is 6.92 Å². The van der Waals surface area contributed by atoms with E-state index < -0.39 is 5.97 Å². The molecule has 1 N–H and O–H groups in total. The van der Waals surface area contributed by atoms with Crippen LogP contribution in [-0.2, 0) is 4.79 Å². The maximum Gasteiger partial charge on any atom is 2.00 e. The molecule has 0 aromatic rings. The first-order chi connectivity index (χ1) is 6.77. The Hall–Kier alpha value is 0.236. The molecule has 0 aromatic carbocycles. The van der Waals surface area contributed by atoms with Crippen molar-refractivity contribution in [2.45, 2.75) is 71.1 Å². The van der Waals surface area contributed by atoms with E-state index in [-0.39, 0.29) is 25.9 Å². The van der Waals surface area contributed by atoms with Gasteiger partial charge in [0.15, 0.2) is 0 Å². The predicted octanol–water partition coefficient (Wildman–Crippen LogP) is 3.84. The Labute approximate surface area is 113 Å². The quantitative estimate of drug-likeness (QED) is 0.454. The molecule has 0 radical (unpaired) electrons. The molecule has 0 saturated carbocycles. The number of rotatable bonds is 10. The Morgan fingerprint density at radius 2 is 1.33 bits per heavy atom. The van der Waals surface area contributed by atoms with Crippen LogP contribution in [0, 0.1) is 0 Å². The first kappa shape index (κ1) is 17.6. The maximum absolute atomic E-state index is 10.2. The molecule has 0 rings (SSSR count). The molecule has 0 spiro atoms. The first-order valence-corrected chi connectivity index (χ1v) is 5.99. The van der Waals surface area contributed by atoms with Crippen LogP contribution in [0.1, 0.15) is 74.0 Å². The van der Waals surface area contributed by atoms with Crippen LogP contribution in [0.2, 0.25) is 0 Å². The molecule has 3 heteroatoms. The zero-order valence-corrected chi connectivity index (χ0v) is 11.5. The molecule has 0 aliphatic carbocycles. The molecular formula is C12H26MgO2. The van der Waals surface area contributed by atoms with Crippen molar-refractivity contribution in [1.82, 2.24) is 0 Å². The van der Waals surface area contributed by atoms with E-state index >= 15 is 0 Å². The zero-order chi connectivity index (χ0) is 10.6. The normalized spacial score (nSPS) is 9.67. The van der Waals surface area contributed by atoms with Gasteiger partial charge in [-0.1, -0.05) is 58.3 Å². The molecule has 0 saturated heterocycles. The van der Waals surface area contributed by atoms with E-state index in [0.717, 1.165) is 12.8 Å². The van der Waals surface area contributed by atoms with Gasteiger partial charge in [-0.3, -0.25) is 4.79 Å². The van der Waals surface area contributed by atoms with Crippen LogP contribution < -0.4 is 0 Å². The van der Waals surface area contributed by atoms with Gasteiger partial charge in [0, 0.05) is 6.42 Å². The number of carboxylic acids is 1. The third-order valence-corrected chi connectivity index (χ3v) is 2.49. The van der Waals surface area contributed by atoms with Crippen LogP contribution in [0.15, 0.2) is 0 Å². The summed E-state index contributed by atoms with van der Waals surface area (Å²) in [7, 11) is 0. The van der Waals surface area contributed by atoms with E-state index in [0.29, 0.717) is 6.42 Å². The molecule has 0 fully saturated rings. The summed E-state index contributed by atoms with van der Waals surface area (Å²) in [5, 5.41) is 8.41. The van der Waals surface area contributed by atoms with Gasteiger partial charge in [-0.25, -0.2) is 0 Å². The van der Waals surface area contributed by atoms with Gasteiger partial charge in [-0.2, -0.15) is 0 Å². The van der Waals surface area contributed by atoms with Crippen molar-refractivity contribution < 1.29 is 12.8 Å². The van der Waals surface area contributed by atoms with Crippen molar-refractivity contribution in [3.63, 3.8) is 0 Å². The van der Waals surface area contributed by atoms with Crippen LogP contribution in [0.4, 0.5) is 0 Å². The number of aliphatic carboxylic acids is 1. The molecule has 0 aliphatic rings. The van der Waals surface area contributed by atoms with Crippen molar-refractivity contribution in [1.29, 1.82) is 0 Å². The molecule has 0 aliphatic heterocycles. The minimum absolute atomic E-state index is 0. The van der Waals surface area contributed by atoms with Crippen LogP contribution in [0.25, 0.3) is 0 Å². The number of carbonyl (C=O) groups is 1. The second-order valence-electron chi connectivity index (χ2n) is 3.97. The predicted molar refractivity (Wildman–Crippen MR) is 67.5 cm³/mol. The van der Waals surface area contributed by atoms with Gasteiger partial charge in [-0.15, -0.1) is 0 Å². The van der Waals surface area contributed by atoms with Crippen LogP contribution in [-0.4, -0.2) is 34.1 Å². The largest absolute Gasteiger partial charge is 2.00 e. The van der Waals surface area contributed by atoms with Crippen molar-refractivity contribution in [3.05, 3.63) is 0 Å². The maximum atomic E-state index is 10.2. The standard InChI is InChI=1S/C12H24O2.Mg.2H/c1-2-3-4-5-6-7-8-9-10-11-12(13)14;;;/h2-11H2,1H3,(H,13,14);;;/q;+2;2*-1. The average Bonchev–Trinajstić information content (AvgIpc) is 2.15. The van der Waals surface area contributed by atoms with E-state index in [4.69, 9.17) is 5.11 Å². The summed E-state index contributed by atoms with van der Waals surface area (Å²) in [5.74, 6) is -0.659. The Morgan fingerprint density at radius 3 is 1.73 bits per heavy atom. The molecule has 0 amide bonds. The topological polar surface area (TPSA) is 37.3 Å². The molecule has 15 heavy (non-hydrogen) atoms.